The van der Waals surface area contributed by atoms with Crippen molar-refractivity contribution in [2.75, 3.05) is 0 Å². The van der Waals surface area contributed by atoms with Crippen LogP contribution in [-0.2, 0) is 13.6 Å². The normalized spacial score (nSPS) is 11.6. The van der Waals surface area contributed by atoms with Crippen LogP contribution in [0.4, 0.5) is 0 Å². The van der Waals surface area contributed by atoms with Crippen LogP contribution in [0.2, 0.25) is 0 Å². The molecule has 0 aliphatic rings. The van der Waals surface area contributed by atoms with Crippen molar-refractivity contribution in [3.05, 3.63) is 58.9 Å². The first-order valence-corrected chi connectivity index (χ1v) is 6.43. The summed E-state index contributed by atoms with van der Waals surface area (Å²) in [4.78, 5) is 0. The molecule has 0 saturated carbocycles. The van der Waals surface area contributed by atoms with Gasteiger partial charge in [0.25, 0.3) is 0 Å². The summed E-state index contributed by atoms with van der Waals surface area (Å²) in [5.41, 5.74) is 3.56. The fourth-order valence-electron chi connectivity index (χ4n) is 2.08. The van der Waals surface area contributed by atoms with Gasteiger partial charge in [0.15, 0.2) is 0 Å². The average molecular weight is 264 g/mol. The molecule has 100 valence electrons. The number of hydrogen-bond acceptors (Lipinski definition) is 3. The lowest BCUT2D eigenvalue weighted by Crippen LogP contribution is -2.17. The molecule has 4 nitrogen and oxygen atoms in total. The standard InChI is InChI=1S/C16H16N4/c1-12(15-5-3-13(8-17)4-6-15)19-10-14-7-16(9-18)20(2)11-14/h3-7,11-12,19H,10H2,1-2H3. The van der Waals surface area contributed by atoms with Gasteiger partial charge in [-0.15, -0.1) is 0 Å². The van der Waals surface area contributed by atoms with E-state index in [2.05, 4.69) is 24.4 Å². The molecule has 0 radical (unpaired) electrons. The molecule has 1 heterocycles. The Morgan fingerprint density at radius 1 is 1.20 bits per heavy atom. The second-order valence-electron chi connectivity index (χ2n) is 4.79. The lowest BCUT2D eigenvalue weighted by atomic mass is 10.1. The van der Waals surface area contributed by atoms with Crippen molar-refractivity contribution in [1.29, 1.82) is 10.5 Å². The van der Waals surface area contributed by atoms with Gasteiger partial charge in [0.05, 0.1) is 11.6 Å². The van der Waals surface area contributed by atoms with Crippen molar-refractivity contribution < 1.29 is 0 Å². The number of nitriles is 2. The van der Waals surface area contributed by atoms with Crippen molar-refractivity contribution in [3.8, 4) is 12.1 Å². The summed E-state index contributed by atoms with van der Waals surface area (Å²) in [6.45, 7) is 2.78. The second-order valence-corrected chi connectivity index (χ2v) is 4.79. The highest BCUT2D eigenvalue weighted by molar-refractivity contribution is 5.33. The molecular formula is C16H16N4. The van der Waals surface area contributed by atoms with Gasteiger partial charge in [-0.1, -0.05) is 12.1 Å². The molecular weight excluding hydrogens is 248 g/mol. The highest BCUT2D eigenvalue weighted by Gasteiger charge is 2.07. The Balaban J connectivity index is 1.99. The van der Waals surface area contributed by atoms with Gasteiger partial charge < -0.3 is 9.88 Å². The molecule has 1 aromatic carbocycles. The first kappa shape index (κ1) is 13.9. The molecule has 0 fully saturated rings. The number of aryl methyl sites for hydroxylation is 1. The van der Waals surface area contributed by atoms with Crippen LogP contribution in [0.1, 0.15) is 35.3 Å². The zero-order valence-corrected chi connectivity index (χ0v) is 11.6. The van der Waals surface area contributed by atoms with E-state index in [9.17, 15) is 0 Å². The molecule has 2 rings (SSSR count). The molecule has 4 heteroatoms. The first-order valence-electron chi connectivity index (χ1n) is 6.43. The molecule has 0 amide bonds. The molecule has 1 atom stereocenters. The maximum absolute atomic E-state index is 8.92. The minimum Gasteiger partial charge on any atom is -0.342 e. The molecule has 20 heavy (non-hydrogen) atoms. The van der Waals surface area contributed by atoms with Crippen molar-refractivity contribution in [2.24, 2.45) is 7.05 Å². The van der Waals surface area contributed by atoms with Crippen LogP contribution in [0.3, 0.4) is 0 Å². The van der Waals surface area contributed by atoms with Crippen molar-refractivity contribution in [2.45, 2.75) is 19.5 Å². The maximum atomic E-state index is 8.92. The molecule has 1 unspecified atom stereocenters. The predicted molar refractivity (Wildman–Crippen MR) is 76.5 cm³/mol. The molecule has 0 spiro atoms. The second kappa shape index (κ2) is 6.06. The van der Waals surface area contributed by atoms with E-state index in [0.717, 1.165) is 11.1 Å². The summed E-state index contributed by atoms with van der Waals surface area (Å²) in [6, 6.07) is 13.9. The zero-order valence-electron chi connectivity index (χ0n) is 11.6. The van der Waals surface area contributed by atoms with Gasteiger partial charge >= 0.3 is 0 Å². The highest BCUT2D eigenvalue weighted by Crippen LogP contribution is 2.14. The Hall–Kier alpha value is -2.56. The van der Waals surface area contributed by atoms with E-state index >= 15 is 0 Å². The molecule has 1 aromatic heterocycles. The van der Waals surface area contributed by atoms with Gasteiger partial charge in [-0.05, 0) is 36.2 Å². The third-order valence-electron chi connectivity index (χ3n) is 3.33. The lowest BCUT2D eigenvalue weighted by molar-refractivity contribution is 0.574. The van der Waals surface area contributed by atoms with Gasteiger partial charge in [-0.2, -0.15) is 10.5 Å². The van der Waals surface area contributed by atoms with Gasteiger partial charge in [0, 0.05) is 25.8 Å². The minimum atomic E-state index is 0.188. The van der Waals surface area contributed by atoms with E-state index in [0.29, 0.717) is 17.8 Å². The Morgan fingerprint density at radius 2 is 1.90 bits per heavy atom. The largest absolute Gasteiger partial charge is 0.342 e. The molecule has 0 aliphatic heterocycles. The van der Waals surface area contributed by atoms with Crippen molar-refractivity contribution >= 4 is 0 Å². The third-order valence-corrected chi connectivity index (χ3v) is 3.33. The van der Waals surface area contributed by atoms with Crippen LogP contribution in [0.15, 0.2) is 36.5 Å². The quantitative estimate of drug-likeness (QED) is 0.923. The Morgan fingerprint density at radius 3 is 2.45 bits per heavy atom. The van der Waals surface area contributed by atoms with E-state index in [1.165, 1.54) is 0 Å². The third kappa shape index (κ3) is 3.06. The van der Waals surface area contributed by atoms with E-state index in [-0.39, 0.29) is 6.04 Å². The molecule has 0 saturated heterocycles. The van der Waals surface area contributed by atoms with Crippen molar-refractivity contribution in [3.63, 3.8) is 0 Å². The van der Waals surface area contributed by atoms with Crippen LogP contribution in [-0.4, -0.2) is 4.57 Å². The Labute approximate surface area is 118 Å². The highest BCUT2D eigenvalue weighted by atomic mass is 14.9. The van der Waals surface area contributed by atoms with E-state index in [4.69, 9.17) is 10.5 Å². The fraction of sp³-hybridized carbons (Fsp3) is 0.250. The van der Waals surface area contributed by atoms with Crippen molar-refractivity contribution in [1.82, 2.24) is 9.88 Å². The number of nitrogens with zero attached hydrogens (tertiary/aromatic N) is 3. The molecule has 1 N–H and O–H groups in total. The van der Waals surface area contributed by atoms with Crippen LogP contribution < -0.4 is 5.32 Å². The summed E-state index contributed by atoms with van der Waals surface area (Å²) in [6.07, 6.45) is 1.96. The number of benzene rings is 1. The SMILES string of the molecule is CC(NCc1cc(C#N)n(C)c1)c1ccc(C#N)cc1. The zero-order chi connectivity index (χ0) is 14.5. The minimum absolute atomic E-state index is 0.188. The summed E-state index contributed by atoms with van der Waals surface area (Å²) < 4.78 is 1.82. The molecule has 0 aliphatic carbocycles. The van der Waals surface area contributed by atoms with Gasteiger partial charge in [-0.25, -0.2) is 0 Å². The monoisotopic (exact) mass is 264 g/mol. The smallest absolute Gasteiger partial charge is 0.120 e. The number of rotatable bonds is 4. The summed E-state index contributed by atoms with van der Waals surface area (Å²) in [5, 5.41) is 21.1. The predicted octanol–water partition coefficient (Wildman–Crippen LogP) is 2.62. The van der Waals surface area contributed by atoms with E-state index in [1.54, 1.807) is 0 Å². The topological polar surface area (TPSA) is 64.5 Å². The number of hydrogen-bond donors (Lipinski definition) is 1. The summed E-state index contributed by atoms with van der Waals surface area (Å²) in [5.74, 6) is 0. The lowest BCUT2D eigenvalue weighted by Gasteiger charge is -2.13. The van der Waals surface area contributed by atoms with Crippen LogP contribution >= 0.6 is 0 Å². The maximum Gasteiger partial charge on any atom is 0.120 e. The van der Waals surface area contributed by atoms with Gasteiger partial charge in [0.2, 0.25) is 0 Å². The number of aromatic nitrogens is 1. The summed E-state index contributed by atoms with van der Waals surface area (Å²) in [7, 11) is 1.87. The molecule has 2 aromatic rings. The van der Waals surface area contributed by atoms with E-state index in [1.807, 2.05) is 48.1 Å². The van der Waals surface area contributed by atoms with Gasteiger partial charge in [0.1, 0.15) is 11.8 Å². The number of nitrogens with one attached hydrogen (secondary N) is 1. The van der Waals surface area contributed by atoms with E-state index < -0.39 is 0 Å². The van der Waals surface area contributed by atoms with Crippen LogP contribution in [0, 0.1) is 22.7 Å². The van der Waals surface area contributed by atoms with Crippen LogP contribution in [0.25, 0.3) is 0 Å². The average Bonchev–Trinajstić information content (AvgIpc) is 2.85. The Bertz CT molecular complexity index is 668. The Kier molecular flexibility index (Phi) is 4.20. The first-order chi connectivity index (χ1) is 9.63. The van der Waals surface area contributed by atoms with Crippen LogP contribution in [0.5, 0.6) is 0 Å². The molecule has 0 bridgehead atoms. The van der Waals surface area contributed by atoms with Gasteiger partial charge in [-0.3, -0.25) is 0 Å². The summed E-state index contributed by atoms with van der Waals surface area (Å²) >= 11 is 0. The fourth-order valence-corrected chi connectivity index (χ4v) is 2.08.